The van der Waals surface area contributed by atoms with Crippen LogP contribution in [0.3, 0.4) is 0 Å². The van der Waals surface area contributed by atoms with Gasteiger partial charge in [-0.25, -0.2) is 0 Å². The maximum atomic E-state index is 3.54. The first-order chi connectivity index (χ1) is 6.84. The molecule has 0 aliphatic heterocycles. The first kappa shape index (κ1) is 8.49. The fourth-order valence-electron chi connectivity index (χ4n) is 2.52. The molecule has 1 aromatic rings. The minimum Gasteiger partial charge on any atom is -0.0753 e. The molecule has 0 saturated heterocycles. The lowest BCUT2D eigenvalue weighted by molar-refractivity contribution is 0.629. The zero-order chi connectivity index (χ0) is 9.54. The van der Waals surface area contributed by atoms with Crippen LogP contribution in [0.1, 0.15) is 17.0 Å². The molecule has 1 heteroatoms. The summed E-state index contributed by atoms with van der Waals surface area (Å²) in [6.07, 6.45) is 8.02. The summed E-state index contributed by atoms with van der Waals surface area (Å²) in [5.74, 6) is 1.29. The van der Waals surface area contributed by atoms with Crippen LogP contribution in [0, 0.1) is 5.92 Å². The lowest BCUT2D eigenvalue weighted by atomic mass is 9.89. The molecule has 2 aliphatic rings. The SMILES string of the molecule is BrC1=CC2Cc3ccccc3C2C=C1. The number of allylic oxidation sites excluding steroid dienone is 4. The highest BCUT2D eigenvalue weighted by Gasteiger charge is 2.30. The van der Waals surface area contributed by atoms with Gasteiger partial charge in [0.1, 0.15) is 0 Å². The van der Waals surface area contributed by atoms with E-state index in [1.54, 1.807) is 0 Å². The van der Waals surface area contributed by atoms with Crippen molar-refractivity contribution in [2.24, 2.45) is 5.92 Å². The number of fused-ring (bicyclic) bond motifs is 3. The molecule has 0 N–H and O–H groups in total. The van der Waals surface area contributed by atoms with Crippen LogP contribution >= 0.6 is 15.9 Å². The van der Waals surface area contributed by atoms with Crippen molar-refractivity contribution in [2.45, 2.75) is 12.3 Å². The molecule has 0 nitrogen and oxygen atoms in total. The van der Waals surface area contributed by atoms with E-state index in [4.69, 9.17) is 0 Å². The normalized spacial score (nSPS) is 28.2. The summed E-state index contributed by atoms with van der Waals surface area (Å²) in [6, 6.07) is 8.79. The molecule has 0 aromatic heterocycles. The van der Waals surface area contributed by atoms with Crippen molar-refractivity contribution in [3.8, 4) is 0 Å². The standard InChI is InChI=1S/C13H11Br/c14-11-5-6-13-10(8-11)7-9-3-1-2-4-12(9)13/h1-6,8,10,13H,7H2. The fraction of sp³-hybridized carbons (Fsp3) is 0.231. The van der Waals surface area contributed by atoms with Gasteiger partial charge in [-0.05, 0) is 23.5 Å². The Labute approximate surface area is 92.5 Å². The summed E-state index contributed by atoms with van der Waals surface area (Å²) in [5.41, 5.74) is 3.04. The Morgan fingerprint density at radius 1 is 1.21 bits per heavy atom. The molecule has 14 heavy (non-hydrogen) atoms. The summed E-state index contributed by atoms with van der Waals surface area (Å²) in [7, 11) is 0. The van der Waals surface area contributed by atoms with E-state index in [2.05, 4.69) is 58.4 Å². The Balaban J connectivity index is 2.08. The van der Waals surface area contributed by atoms with Crippen LogP contribution in [0.25, 0.3) is 0 Å². The molecule has 0 spiro atoms. The van der Waals surface area contributed by atoms with Gasteiger partial charge in [-0.2, -0.15) is 0 Å². The average molecular weight is 247 g/mol. The van der Waals surface area contributed by atoms with Gasteiger partial charge in [0.25, 0.3) is 0 Å². The number of rotatable bonds is 0. The van der Waals surface area contributed by atoms with Gasteiger partial charge >= 0.3 is 0 Å². The highest BCUT2D eigenvalue weighted by atomic mass is 79.9. The average Bonchev–Trinajstić information content (AvgIpc) is 2.54. The van der Waals surface area contributed by atoms with E-state index in [9.17, 15) is 0 Å². The van der Waals surface area contributed by atoms with Crippen LogP contribution in [-0.4, -0.2) is 0 Å². The van der Waals surface area contributed by atoms with E-state index in [0.29, 0.717) is 11.8 Å². The number of hydrogen-bond acceptors (Lipinski definition) is 0. The van der Waals surface area contributed by atoms with Gasteiger partial charge in [-0.1, -0.05) is 58.4 Å². The number of benzene rings is 1. The van der Waals surface area contributed by atoms with Crippen LogP contribution in [0.15, 0.2) is 47.0 Å². The summed E-state index contributed by atoms with van der Waals surface area (Å²) < 4.78 is 1.23. The number of halogens is 1. The van der Waals surface area contributed by atoms with Gasteiger partial charge in [0.15, 0.2) is 0 Å². The Morgan fingerprint density at radius 3 is 3.00 bits per heavy atom. The minimum absolute atomic E-state index is 0.618. The third-order valence-electron chi connectivity index (χ3n) is 3.17. The van der Waals surface area contributed by atoms with Crippen LogP contribution in [-0.2, 0) is 6.42 Å². The molecule has 70 valence electrons. The molecule has 0 radical (unpaired) electrons. The van der Waals surface area contributed by atoms with Crippen LogP contribution in [0.4, 0.5) is 0 Å². The predicted octanol–water partition coefficient (Wildman–Crippen LogP) is 3.79. The van der Waals surface area contributed by atoms with E-state index in [1.165, 1.54) is 22.0 Å². The van der Waals surface area contributed by atoms with Crippen molar-refractivity contribution in [3.05, 3.63) is 58.1 Å². The van der Waals surface area contributed by atoms with Crippen LogP contribution in [0.5, 0.6) is 0 Å². The second-order valence-corrected chi connectivity index (χ2v) is 4.92. The Hall–Kier alpha value is -0.820. The maximum Gasteiger partial charge on any atom is 0.0135 e. The highest BCUT2D eigenvalue weighted by molar-refractivity contribution is 9.11. The van der Waals surface area contributed by atoms with Gasteiger partial charge in [0.2, 0.25) is 0 Å². The molecule has 0 amide bonds. The fourth-order valence-corrected chi connectivity index (χ4v) is 3.01. The molecule has 2 unspecified atom stereocenters. The molecule has 0 fully saturated rings. The van der Waals surface area contributed by atoms with E-state index in [-0.39, 0.29) is 0 Å². The molecule has 0 saturated carbocycles. The van der Waals surface area contributed by atoms with Gasteiger partial charge in [0, 0.05) is 10.4 Å². The van der Waals surface area contributed by atoms with Gasteiger partial charge in [-0.15, -0.1) is 0 Å². The number of hydrogen-bond donors (Lipinski definition) is 0. The first-order valence-electron chi connectivity index (χ1n) is 4.98. The van der Waals surface area contributed by atoms with Gasteiger partial charge < -0.3 is 0 Å². The van der Waals surface area contributed by atoms with E-state index < -0.39 is 0 Å². The summed E-state index contributed by atoms with van der Waals surface area (Å²) >= 11 is 3.54. The van der Waals surface area contributed by atoms with Gasteiger partial charge in [0.05, 0.1) is 0 Å². The summed E-state index contributed by atoms with van der Waals surface area (Å²) in [5, 5.41) is 0. The third kappa shape index (κ3) is 1.19. The van der Waals surface area contributed by atoms with E-state index in [1.807, 2.05) is 0 Å². The summed E-state index contributed by atoms with van der Waals surface area (Å²) in [6.45, 7) is 0. The van der Waals surface area contributed by atoms with Gasteiger partial charge in [-0.3, -0.25) is 0 Å². The molecule has 3 rings (SSSR count). The smallest absolute Gasteiger partial charge is 0.0135 e. The Kier molecular flexibility index (Phi) is 1.88. The van der Waals surface area contributed by atoms with Crippen molar-refractivity contribution in [1.29, 1.82) is 0 Å². The molecule has 2 aliphatic carbocycles. The molecule has 1 aromatic carbocycles. The Bertz CT molecular complexity index is 429. The Morgan fingerprint density at radius 2 is 2.07 bits per heavy atom. The van der Waals surface area contributed by atoms with Crippen LogP contribution < -0.4 is 0 Å². The molecular formula is C13H11Br. The van der Waals surface area contributed by atoms with Crippen molar-refractivity contribution < 1.29 is 0 Å². The van der Waals surface area contributed by atoms with Crippen molar-refractivity contribution >= 4 is 15.9 Å². The zero-order valence-electron chi connectivity index (χ0n) is 7.78. The third-order valence-corrected chi connectivity index (χ3v) is 3.70. The molecule has 0 heterocycles. The lowest BCUT2D eigenvalue weighted by Gasteiger charge is -2.17. The zero-order valence-corrected chi connectivity index (χ0v) is 9.37. The molecule has 0 bridgehead atoms. The minimum atomic E-state index is 0.618. The lowest BCUT2D eigenvalue weighted by Crippen LogP contribution is -2.05. The van der Waals surface area contributed by atoms with Crippen molar-refractivity contribution in [1.82, 2.24) is 0 Å². The van der Waals surface area contributed by atoms with Crippen molar-refractivity contribution in [2.75, 3.05) is 0 Å². The van der Waals surface area contributed by atoms with Crippen LogP contribution in [0.2, 0.25) is 0 Å². The first-order valence-corrected chi connectivity index (χ1v) is 5.77. The second-order valence-electron chi connectivity index (χ2n) is 4.00. The highest BCUT2D eigenvalue weighted by Crippen LogP contribution is 2.42. The monoisotopic (exact) mass is 246 g/mol. The predicted molar refractivity (Wildman–Crippen MR) is 62.5 cm³/mol. The molecule has 2 atom stereocenters. The van der Waals surface area contributed by atoms with E-state index >= 15 is 0 Å². The van der Waals surface area contributed by atoms with E-state index in [0.717, 1.165) is 0 Å². The second kappa shape index (κ2) is 3.09. The topological polar surface area (TPSA) is 0 Å². The maximum absolute atomic E-state index is 3.54. The largest absolute Gasteiger partial charge is 0.0753 e. The van der Waals surface area contributed by atoms with Crippen molar-refractivity contribution in [3.63, 3.8) is 0 Å². The molecular weight excluding hydrogens is 236 g/mol. The summed E-state index contributed by atoms with van der Waals surface area (Å²) in [4.78, 5) is 0. The quantitative estimate of drug-likeness (QED) is 0.654.